The molecular weight excluding hydrogens is 280 g/mol. The normalized spacial score (nSPS) is 26.3. The van der Waals surface area contributed by atoms with Crippen LogP contribution in [0.25, 0.3) is 0 Å². The summed E-state index contributed by atoms with van der Waals surface area (Å²) in [6.07, 6.45) is 2.99. The van der Waals surface area contributed by atoms with Crippen LogP contribution in [0.2, 0.25) is 0 Å². The number of carbonyl (C=O) groups excluding carboxylic acids is 1. The van der Waals surface area contributed by atoms with E-state index in [1.165, 1.54) is 0 Å². The molecule has 0 saturated carbocycles. The Morgan fingerprint density at radius 3 is 2.82 bits per heavy atom. The van der Waals surface area contributed by atoms with Crippen molar-refractivity contribution in [2.75, 3.05) is 37.7 Å². The summed E-state index contributed by atoms with van der Waals surface area (Å²) in [5, 5.41) is 7.28. The molecule has 2 aliphatic heterocycles. The van der Waals surface area contributed by atoms with E-state index in [1.54, 1.807) is 0 Å². The topological polar surface area (TPSA) is 61.5 Å². The highest BCUT2D eigenvalue weighted by Gasteiger charge is 2.34. The minimum atomic E-state index is 0.0536. The molecule has 3 heterocycles. The lowest BCUT2D eigenvalue weighted by atomic mass is 9.91. The Hall–Kier alpha value is -1.56. The number of ether oxygens (including phenoxy) is 1. The molecule has 6 nitrogen and oxygen atoms in total. The number of piperazine rings is 1. The smallest absolute Gasteiger partial charge is 0.228 e. The summed E-state index contributed by atoms with van der Waals surface area (Å²) in [4.78, 5) is 17.0. The molecule has 0 bridgehead atoms. The first-order valence-electron chi connectivity index (χ1n) is 8.36. The number of carbonyl (C=O) groups is 1. The fourth-order valence-corrected chi connectivity index (χ4v) is 3.48. The van der Waals surface area contributed by atoms with E-state index in [0.29, 0.717) is 0 Å². The molecule has 0 aliphatic carbocycles. The van der Waals surface area contributed by atoms with Crippen molar-refractivity contribution in [2.24, 2.45) is 5.92 Å². The first-order chi connectivity index (χ1) is 10.7. The van der Waals surface area contributed by atoms with Crippen LogP contribution in [0.1, 0.15) is 31.9 Å². The predicted molar refractivity (Wildman–Crippen MR) is 84.9 cm³/mol. The van der Waals surface area contributed by atoms with E-state index in [4.69, 9.17) is 4.74 Å². The van der Waals surface area contributed by atoms with Gasteiger partial charge in [-0.15, -0.1) is 0 Å². The van der Waals surface area contributed by atoms with E-state index in [1.807, 2.05) is 11.8 Å². The number of aromatic amines is 1. The summed E-state index contributed by atoms with van der Waals surface area (Å²) in [6, 6.07) is 2.06. The number of hydrogen-bond acceptors (Lipinski definition) is 4. The molecule has 0 radical (unpaired) electrons. The molecule has 6 heteroatoms. The van der Waals surface area contributed by atoms with Crippen LogP contribution in [-0.4, -0.2) is 59.9 Å². The van der Waals surface area contributed by atoms with E-state index in [0.717, 1.165) is 63.6 Å². The molecule has 1 N–H and O–H groups in total. The quantitative estimate of drug-likeness (QED) is 0.921. The van der Waals surface area contributed by atoms with Gasteiger partial charge in [-0.05, 0) is 26.2 Å². The van der Waals surface area contributed by atoms with Gasteiger partial charge in [0.05, 0.1) is 12.0 Å². The van der Waals surface area contributed by atoms with Crippen LogP contribution in [0.15, 0.2) is 6.07 Å². The van der Waals surface area contributed by atoms with Gasteiger partial charge in [0.1, 0.15) is 0 Å². The van der Waals surface area contributed by atoms with Crippen molar-refractivity contribution in [3.8, 4) is 0 Å². The van der Waals surface area contributed by atoms with Gasteiger partial charge in [-0.25, -0.2) is 0 Å². The third kappa shape index (κ3) is 3.11. The van der Waals surface area contributed by atoms with Crippen molar-refractivity contribution in [1.82, 2.24) is 15.1 Å². The number of nitrogens with zero attached hydrogens (tertiary/aromatic N) is 3. The number of H-pyrrole nitrogens is 1. The van der Waals surface area contributed by atoms with Gasteiger partial charge >= 0.3 is 0 Å². The number of hydrogen-bond donors (Lipinski definition) is 1. The van der Waals surface area contributed by atoms with Gasteiger partial charge in [0, 0.05) is 44.5 Å². The largest absolute Gasteiger partial charge is 0.377 e. The molecule has 1 aromatic heterocycles. The molecule has 0 spiro atoms. The molecule has 1 amide bonds. The fourth-order valence-electron chi connectivity index (χ4n) is 3.48. The zero-order valence-electron chi connectivity index (χ0n) is 13.5. The van der Waals surface area contributed by atoms with Gasteiger partial charge in [-0.2, -0.15) is 5.10 Å². The first kappa shape index (κ1) is 15.3. The van der Waals surface area contributed by atoms with Gasteiger partial charge in [-0.3, -0.25) is 9.89 Å². The summed E-state index contributed by atoms with van der Waals surface area (Å²) in [7, 11) is 0. The van der Waals surface area contributed by atoms with E-state index >= 15 is 0 Å². The van der Waals surface area contributed by atoms with Crippen molar-refractivity contribution in [3.05, 3.63) is 11.8 Å². The van der Waals surface area contributed by atoms with Crippen molar-refractivity contribution >= 4 is 11.7 Å². The van der Waals surface area contributed by atoms with Crippen LogP contribution in [0.4, 0.5) is 5.82 Å². The summed E-state index contributed by atoms with van der Waals surface area (Å²) in [5.74, 6) is 1.32. The highest BCUT2D eigenvalue weighted by atomic mass is 16.5. The molecule has 122 valence electrons. The number of anilines is 1. The third-order valence-corrected chi connectivity index (χ3v) is 4.77. The maximum Gasteiger partial charge on any atom is 0.228 e. The van der Waals surface area contributed by atoms with Gasteiger partial charge in [-0.1, -0.05) is 6.92 Å². The highest BCUT2D eigenvalue weighted by molar-refractivity contribution is 5.79. The predicted octanol–water partition coefficient (Wildman–Crippen LogP) is 1.57. The maximum absolute atomic E-state index is 12.8. The maximum atomic E-state index is 12.8. The van der Waals surface area contributed by atoms with Gasteiger partial charge in [0.25, 0.3) is 0 Å². The van der Waals surface area contributed by atoms with Crippen LogP contribution < -0.4 is 4.90 Å². The van der Waals surface area contributed by atoms with Crippen LogP contribution in [-0.2, 0) is 9.53 Å². The second kappa shape index (κ2) is 6.69. The Labute approximate surface area is 131 Å². The van der Waals surface area contributed by atoms with Gasteiger partial charge < -0.3 is 14.5 Å². The molecule has 1 aromatic rings. The first-order valence-corrected chi connectivity index (χ1v) is 8.36. The lowest BCUT2D eigenvalue weighted by Gasteiger charge is -2.39. The Morgan fingerprint density at radius 1 is 1.41 bits per heavy atom. The standard InChI is InChI=1S/C16H26N4O2/c1-3-14-13(5-4-10-22-14)16(21)20-8-6-19(7-9-20)15-11-12(2)17-18-15/h11,13-14H,3-10H2,1-2H3,(H,17,18)/t13-,14+/m0/s1. The molecule has 22 heavy (non-hydrogen) atoms. The molecular formula is C16H26N4O2. The van der Waals surface area contributed by atoms with E-state index in [-0.39, 0.29) is 17.9 Å². The number of nitrogens with one attached hydrogen (secondary N) is 1. The summed E-state index contributed by atoms with van der Waals surface area (Å²) in [6.45, 7) is 8.16. The monoisotopic (exact) mass is 306 g/mol. The number of amides is 1. The minimum absolute atomic E-state index is 0.0536. The van der Waals surface area contributed by atoms with E-state index in [9.17, 15) is 4.79 Å². The average Bonchev–Trinajstić information content (AvgIpc) is 3.01. The van der Waals surface area contributed by atoms with E-state index in [2.05, 4.69) is 28.1 Å². The Bertz CT molecular complexity index is 508. The molecule has 2 atom stereocenters. The molecule has 2 saturated heterocycles. The molecule has 0 aromatic carbocycles. The Kier molecular flexibility index (Phi) is 4.66. The van der Waals surface area contributed by atoms with Crippen LogP contribution in [0.3, 0.4) is 0 Å². The molecule has 0 unspecified atom stereocenters. The van der Waals surface area contributed by atoms with Gasteiger partial charge in [0.15, 0.2) is 5.82 Å². The van der Waals surface area contributed by atoms with Crippen molar-refractivity contribution < 1.29 is 9.53 Å². The van der Waals surface area contributed by atoms with Crippen LogP contribution in [0, 0.1) is 12.8 Å². The zero-order valence-corrected chi connectivity index (χ0v) is 13.5. The summed E-state index contributed by atoms with van der Waals surface area (Å²) >= 11 is 0. The zero-order chi connectivity index (χ0) is 15.5. The third-order valence-electron chi connectivity index (χ3n) is 4.77. The lowest BCUT2D eigenvalue weighted by Crippen LogP contribution is -2.52. The van der Waals surface area contributed by atoms with Crippen molar-refractivity contribution in [2.45, 2.75) is 39.2 Å². The number of aromatic nitrogens is 2. The summed E-state index contributed by atoms with van der Waals surface area (Å²) < 4.78 is 5.77. The Morgan fingerprint density at radius 2 is 2.18 bits per heavy atom. The molecule has 2 fully saturated rings. The minimum Gasteiger partial charge on any atom is -0.377 e. The average molecular weight is 306 g/mol. The Balaban J connectivity index is 1.57. The van der Waals surface area contributed by atoms with Crippen molar-refractivity contribution in [3.63, 3.8) is 0 Å². The highest BCUT2D eigenvalue weighted by Crippen LogP contribution is 2.26. The van der Waals surface area contributed by atoms with Crippen LogP contribution in [0.5, 0.6) is 0 Å². The van der Waals surface area contributed by atoms with Crippen LogP contribution >= 0.6 is 0 Å². The molecule has 2 aliphatic rings. The summed E-state index contributed by atoms with van der Waals surface area (Å²) in [5.41, 5.74) is 1.07. The SMILES string of the molecule is CC[C@H]1OCCC[C@@H]1C(=O)N1CCN(c2cc(C)[nH]n2)CC1. The lowest BCUT2D eigenvalue weighted by molar-refractivity contribution is -0.145. The van der Waals surface area contributed by atoms with E-state index < -0.39 is 0 Å². The second-order valence-electron chi connectivity index (χ2n) is 6.29. The molecule has 3 rings (SSSR count). The van der Waals surface area contributed by atoms with Crippen molar-refractivity contribution in [1.29, 1.82) is 0 Å². The van der Waals surface area contributed by atoms with Gasteiger partial charge in [0.2, 0.25) is 5.91 Å². The fraction of sp³-hybridized carbons (Fsp3) is 0.750. The number of rotatable bonds is 3. The second-order valence-corrected chi connectivity index (χ2v) is 6.29. The number of aryl methyl sites for hydroxylation is 1.